The molecule has 1 aromatic carbocycles. The van der Waals surface area contributed by atoms with Crippen LogP contribution in [-0.2, 0) is 9.84 Å². The summed E-state index contributed by atoms with van der Waals surface area (Å²) in [4.78, 5) is 0. The molecule has 0 bridgehead atoms. The van der Waals surface area contributed by atoms with Crippen molar-refractivity contribution in [3.63, 3.8) is 0 Å². The number of benzene rings is 1. The van der Waals surface area contributed by atoms with E-state index in [-0.39, 0.29) is 11.8 Å². The van der Waals surface area contributed by atoms with Gasteiger partial charge < -0.3 is 5.32 Å². The summed E-state index contributed by atoms with van der Waals surface area (Å²) in [5, 5.41) is 3.63. The van der Waals surface area contributed by atoms with Gasteiger partial charge in [-0.1, -0.05) is 37.3 Å². The monoisotopic (exact) mass is 287 g/mol. The summed E-state index contributed by atoms with van der Waals surface area (Å²) < 4.78 is 22.2. The molecule has 18 heavy (non-hydrogen) atoms. The Labute approximate surface area is 114 Å². The van der Waals surface area contributed by atoms with E-state index in [0.717, 1.165) is 0 Å². The number of nitrogens with one attached hydrogen (secondary N) is 1. The fourth-order valence-electron chi connectivity index (χ4n) is 1.81. The normalized spacial score (nSPS) is 15.3. The molecule has 0 fully saturated rings. The second-order valence-electron chi connectivity index (χ2n) is 4.38. The molecular weight excluding hydrogens is 266 g/mol. The zero-order valence-corrected chi connectivity index (χ0v) is 12.7. The van der Waals surface area contributed by atoms with E-state index in [0.29, 0.717) is 11.0 Å². The van der Waals surface area contributed by atoms with E-state index in [1.807, 2.05) is 25.2 Å². The first-order valence-electron chi connectivity index (χ1n) is 5.95. The topological polar surface area (TPSA) is 46.2 Å². The van der Waals surface area contributed by atoms with Crippen molar-refractivity contribution in [2.75, 3.05) is 24.8 Å². The third-order valence-corrected chi connectivity index (χ3v) is 5.22. The summed E-state index contributed by atoms with van der Waals surface area (Å²) in [7, 11) is -0.922. The number of hydrogen-bond acceptors (Lipinski definition) is 4. The summed E-state index contributed by atoms with van der Waals surface area (Å²) in [5.74, 6) is 0.887. The van der Waals surface area contributed by atoms with Crippen molar-refractivity contribution in [1.29, 1.82) is 0 Å². The Morgan fingerprint density at radius 2 is 1.89 bits per heavy atom. The zero-order valence-electron chi connectivity index (χ0n) is 11.1. The van der Waals surface area contributed by atoms with Crippen LogP contribution in [0.5, 0.6) is 0 Å². The standard InChI is InChI=1S/C13H21NO2S2/c1-11(17-9-10-18(3,15)16)13(14-2)12-7-5-4-6-8-12/h4-8,11,13-14H,9-10H2,1-3H3. The largest absolute Gasteiger partial charge is 0.312 e. The van der Waals surface area contributed by atoms with Gasteiger partial charge in [0.25, 0.3) is 0 Å². The van der Waals surface area contributed by atoms with Crippen LogP contribution < -0.4 is 5.32 Å². The van der Waals surface area contributed by atoms with Crippen molar-refractivity contribution in [2.45, 2.75) is 18.2 Å². The minimum absolute atomic E-state index is 0.243. The molecule has 0 saturated carbocycles. The minimum atomic E-state index is -2.86. The van der Waals surface area contributed by atoms with Gasteiger partial charge >= 0.3 is 0 Å². The summed E-state index contributed by atoms with van der Waals surface area (Å²) >= 11 is 1.69. The zero-order chi connectivity index (χ0) is 13.6. The predicted octanol–water partition coefficient (Wildman–Crippen LogP) is 2.11. The second kappa shape index (κ2) is 7.16. The summed E-state index contributed by atoms with van der Waals surface area (Å²) in [6, 6.07) is 10.5. The van der Waals surface area contributed by atoms with E-state index in [4.69, 9.17) is 0 Å². The molecule has 0 heterocycles. The Balaban J connectivity index is 2.56. The third-order valence-electron chi connectivity index (χ3n) is 2.77. The summed E-state index contributed by atoms with van der Waals surface area (Å²) in [6.45, 7) is 2.13. The lowest BCUT2D eigenvalue weighted by Crippen LogP contribution is -2.26. The average molecular weight is 287 g/mol. The fraction of sp³-hybridized carbons (Fsp3) is 0.538. The predicted molar refractivity (Wildman–Crippen MR) is 79.9 cm³/mol. The van der Waals surface area contributed by atoms with Gasteiger partial charge in [0.05, 0.1) is 5.75 Å². The van der Waals surface area contributed by atoms with Crippen LogP contribution in [0.3, 0.4) is 0 Å². The van der Waals surface area contributed by atoms with Gasteiger partial charge in [-0.25, -0.2) is 8.42 Å². The van der Waals surface area contributed by atoms with Crippen molar-refractivity contribution >= 4 is 21.6 Å². The first-order valence-corrected chi connectivity index (χ1v) is 9.06. The molecule has 0 aromatic heterocycles. The smallest absolute Gasteiger partial charge is 0.148 e. The van der Waals surface area contributed by atoms with Crippen LogP contribution in [0.15, 0.2) is 30.3 Å². The molecule has 0 saturated heterocycles. The Hall–Kier alpha value is -0.520. The molecule has 5 heteroatoms. The molecule has 2 unspecified atom stereocenters. The van der Waals surface area contributed by atoms with Gasteiger partial charge in [0.2, 0.25) is 0 Å². The third kappa shape index (κ3) is 5.42. The van der Waals surface area contributed by atoms with Crippen LogP contribution in [0.25, 0.3) is 0 Å². The first kappa shape index (κ1) is 15.5. The Morgan fingerprint density at radius 1 is 1.28 bits per heavy atom. The number of rotatable bonds is 7. The lowest BCUT2D eigenvalue weighted by Gasteiger charge is -2.23. The van der Waals surface area contributed by atoms with Crippen molar-refractivity contribution in [3.05, 3.63) is 35.9 Å². The number of hydrogen-bond donors (Lipinski definition) is 1. The van der Waals surface area contributed by atoms with E-state index < -0.39 is 9.84 Å². The maximum Gasteiger partial charge on any atom is 0.148 e. The maximum absolute atomic E-state index is 11.1. The van der Waals surface area contributed by atoms with Crippen LogP contribution in [0.2, 0.25) is 0 Å². The molecule has 0 radical (unpaired) electrons. The molecular formula is C13H21NO2S2. The molecule has 0 aliphatic heterocycles. The Bertz CT molecular complexity index is 445. The van der Waals surface area contributed by atoms with E-state index in [1.54, 1.807) is 11.8 Å². The SMILES string of the molecule is CNC(c1ccccc1)C(C)SCCS(C)(=O)=O. The first-order chi connectivity index (χ1) is 8.44. The van der Waals surface area contributed by atoms with Crippen LogP contribution in [0.1, 0.15) is 18.5 Å². The van der Waals surface area contributed by atoms with Crippen LogP contribution in [0, 0.1) is 0 Å². The van der Waals surface area contributed by atoms with Crippen LogP contribution in [-0.4, -0.2) is 38.5 Å². The minimum Gasteiger partial charge on any atom is -0.312 e. The van der Waals surface area contributed by atoms with Crippen molar-refractivity contribution < 1.29 is 8.42 Å². The molecule has 1 N–H and O–H groups in total. The average Bonchev–Trinajstić information content (AvgIpc) is 2.29. The number of thioether (sulfide) groups is 1. The van der Waals surface area contributed by atoms with Gasteiger partial charge in [-0.05, 0) is 12.6 Å². The van der Waals surface area contributed by atoms with E-state index in [9.17, 15) is 8.42 Å². The fourth-order valence-corrected chi connectivity index (χ4v) is 4.27. The highest BCUT2D eigenvalue weighted by Gasteiger charge is 2.18. The highest BCUT2D eigenvalue weighted by molar-refractivity contribution is 8.01. The van der Waals surface area contributed by atoms with Crippen LogP contribution in [0.4, 0.5) is 0 Å². The van der Waals surface area contributed by atoms with Crippen molar-refractivity contribution in [3.8, 4) is 0 Å². The van der Waals surface area contributed by atoms with Gasteiger partial charge in [0.15, 0.2) is 0 Å². The molecule has 1 rings (SSSR count). The Kier molecular flexibility index (Phi) is 6.18. The van der Waals surface area contributed by atoms with Crippen molar-refractivity contribution in [2.24, 2.45) is 0 Å². The summed E-state index contributed by atoms with van der Waals surface area (Å²) in [6.07, 6.45) is 1.28. The second-order valence-corrected chi connectivity index (χ2v) is 8.13. The molecule has 1 aromatic rings. The molecule has 102 valence electrons. The Morgan fingerprint density at radius 3 is 2.39 bits per heavy atom. The lowest BCUT2D eigenvalue weighted by molar-refractivity contribution is 0.589. The molecule has 3 nitrogen and oxygen atoms in total. The van der Waals surface area contributed by atoms with Gasteiger partial charge in [0, 0.05) is 23.3 Å². The quantitative estimate of drug-likeness (QED) is 0.834. The van der Waals surface area contributed by atoms with E-state index in [2.05, 4.69) is 24.4 Å². The lowest BCUT2D eigenvalue weighted by atomic mass is 10.0. The van der Waals surface area contributed by atoms with Gasteiger partial charge in [-0.15, -0.1) is 0 Å². The number of sulfone groups is 1. The van der Waals surface area contributed by atoms with E-state index in [1.165, 1.54) is 11.8 Å². The van der Waals surface area contributed by atoms with Crippen LogP contribution >= 0.6 is 11.8 Å². The molecule has 0 amide bonds. The van der Waals surface area contributed by atoms with E-state index >= 15 is 0 Å². The van der Waals surface area contributed by atoms with Gasteiger partial charge in [-0.2, -0.15) is 11.8 Å². The highest BCUT2D eigenvalue weighted by atomic mass is 32.2. The maximum atomic E-state index is 11.1. The van der Waals surface area contributed by atoms with Gasteiger partial charge in [0.1, 0.15) is 9.84 Å². The summed E-state index contributed by atoms with van der Waals surface area (Å²) in [5.41, 5.74) is 1.24. The highest BCUT2D eigenvalue weighted by Crippen LogP contribution is 2.26. The molecule has 2 atom stereocenters. The van der Waals surface area contributed by atoms with Crippen molar-refractivity contribution in [1.82, 2.24) is 5.32 Å². The molecule has 0 aliphatic rings. The molecule has 0 spiro atoms. The molecule has 0 aliphatic carbocycles. The van der Waals surface area contributed by atoms with Gasteiger partial charge in [-0.3, -0.25) is 0 Å².